The van der Waals surface area contributed by atoms with Gasteiger partial charge in [0.15, 0.2) is 0 Å². The molecule has 2 aliphatic rings. The number of fused-ring (bicyclic) bond motifs is 1. The Labute approximate surface area is 188 Å². The summed E-state index contributed by atoms with van der Waals surface area (Å²) in [4.78, 5) is 5.12. The molecule has 2 rings (SSSR count). The van der Waals surface area contributed by atoms with Gasteiger partial charge in [0.2, 0.25) is 0 Å². The number of allylic oxidation sites excluding steroid dienone is 2. The van der Waals surface area contributed by atoms with Gasteiger partial charge in [0.25, 0.3) is 0 Å². The van der Waals surface area contributed by atoms with Gasteiger partial charge in [0.1, 0.15) is 6.23 Å². The third kappa shape index (κ3) is 7.55. The Hall–Kier alpha value is -0.540. The lowest BCUT2D eigenvalue weighted by Gasteiger charge is -2.30. The fourth-order valence-corrected chi connectivity index (χ4v) is 5.67. The summed E-state index contributed by atoms with van der Waals surface area (Å²) in [6, 6.07) is 0.686. The van der Waals surface area contributed by atoms with Crippen LogP contribution in [-0.4, -0.2) is 48.8 Å². The summed E-state index contributed by atoms with van der Waals surface area (Å²) in [6.45, 7) is 12.7. The molecule has 3 heteroatoms. The Bertz CT molecular complexity index is 489. The van der Waals surface area contributed by atoms with Crippen molar-refractivity contribution >= 4 is 0 Å². The molecule has 0 saturated carbocycles. The summed E-state index contributed by atoms with van der Waals surface area (Å²) in [6.07, 6.45) is 21.3. The van der Waals surface area contributed by atoms with Crippen molar-refractivity contribution in [2.24, 2.45) is 5.41 Å². The third-order valence-corrected chi connectivity index (χ3v) is 7.52. The lowest BCUT2D eigenvalue weighted by molar-refractivity contribution is -0.0212. The van der Waals surface area contributed by atoms with Crippen LogP contribution in [0, 0.1) is 5.41 Å². The Morgan fingerprint density at radius 1 is 1.03 bits per heavy atom. The Kier molecular flexibility index (Phi) is 11.8. The van der Waals surface area contributed by atoms with Gasteiger partial charge in [-0.25, -0.2) is 0 Å². The van der Waals surface area contributed by atoms with E-state index in [-0.39, 0.29) is 0 Å². The lowest BCUT2D eigenvalue weighted by Crippen LogP contribution is -2.32. The number of hydrogen-bond donors (Lipinski definition) is 0. The summed E-state index contributed by atoms with van der Waals surface area (Å²) in [7, 11) is 2.28. The highest BCUT2D eigenvalue weighted by Crippen LogP contribution is 2.52. The molecular formula is C27H52N2O. The first-order valence-corrected chi connectivity index (χ1v) is 13.3. The number of ether oxygens (including phenoxy) is 1. The monoisotopic (exact) mass is 420 g/mol. The summed E-state index contributed by atoms with van der Waals surface area (Å²) in [5.41, 5.74) is 2.02. The van der Waals surface area contributed by atoms with Crippen LogP contribution in [-0.2, 0) is 4.74 Å². The van der Waals surface area contributed by atoms with Gasteiger partial charge >= 0.3 is 0 Å². The normalized spacial score (nSPS) is 24.4. The molecule has 0 bridgehead atoms. The second-order valence-electron chi connectivity index (χ2n) is 10.3. The van der Waals surface area contributed by atoms with Crippen molar-refractivity contribution in [1.82, 2.24) is 9.80 Å². The number of hydrogen-bond acceptors (Lipinski definition) is 3. The maximum Gasteiger partial charge on any atom is 0.130 e. The fraction of sp³-hybridized carbons (Fsp3) is 0.926. The average molecular weight is 421 g/mol. The SMILES string of the molecule is CCCCC12CCCCC=C1N(C)C(OCCCCCCCN(CCC)C(C)C)C2. The van der Waals surface area contributed by atoms with Gasteiger partial charge in [-0.05, 0) is 71.9 Å². The van der Waals surface area contributed by atoms with Gasteiger partial charge in [-0.2, -0.15) is 0 Å². The highest BCUT2D eigenvalue weighted by Gasteiger charge is 2.46. The number of nitrogens with zero attached hydrogens (tertiary/aromatic N) is 2. The molecule has 1 heterocycles. The molecule has 2 unspecified atom stereocenters. The van der Waals surface area contributed by atoms with Gasteiger partial charge in [-0.15, -0.1) is 0 Å². The van der Waals surface area contributed by atoms with E-state index in [0.717, 1.165) is 6.61 Å². The number of likely N-dealkylation sites (tertiary alicyclic amines) is 1. The number of rotatable bonds is 15. The van der Waals surface area contributed by atoms with Gasteiger partial charge in [0, 0.05) is 37.2 Å². The molecule has 0 spiro atoms. The quantitative estimate of drug-likeness (QED) is 0.257. The minimum atomic E-state index is 0.305. The van der Waals surface area contributed by atoms with E-state index < -0.39 is 0 Å². The Morgan fingerprint density at radius 3 is 2.53 bits per heavy atom. The maximum atomic E-state index is 6.44. The zero-order valence-corrected chi connectivity index (χ0v) is 21.1. The van der Waals surface area contributed by atoms with Crippen LogP contribution in [0.15, 0.2) is 11.8 Å². The second-order valence-corrected chi connectivity index (χ2v) is 10.3. The first-order chi connectivity index (χ1) is 14.5. The van der Waals surface area contributed by atoms with E-state index >= 15 is 0 Å². The van der Waals surface area contributed by atoms with Crippen LogP contribution in [0.2, 0.25) is 0 Å². The van der Waals surface area contributed by atoms with Crippen LogP contribution in [0.25, 0.3) is 0 Å². The molecule has 0 aromatic heterocycles. The van der Waals surface area contributed by atoms with Crippen LogP contribution >= 0.6 is 0 Å². The van der Waals surface area contributed by atoms with Crippen molar-refractivity contribution < 1.29 is 4.74 Å². The smallest absolute Gasteiger partial charge is 0.130 e. The van der Waals surface area contributed by atoms with Gasteiger partial charge in [-0.1, -0.05) is 58.4 Å². The molecular weight excluding hydrogens is 368 g/mol. The zero-order valence-electron chi connectivity index (χ0n) is 21.1. The minimum Gasteiger partial charge on any atom is -0.358 e. The highest BCUT2D eigenvalue weighted by atomic mass is 16.5. The summed E-state index contributed by atoms with van der Waals surface area (Å²) < 4.78 is 6.44. The van der Waals surface area contributed by atoms with Crippen LogP contribution in [0.5, 0.6) is 0 Å². The molecule has 176 valence electrons. The highest BCUT2D eigenvalue weighted by molar-refractivity contribution is 5.20. The van der Waals surface area contributed by atoms with Crippen molar-refractivity contribution in [3.8, 4) is 0 Å². The first kappa shape index (κ1) is 25.7. The van der Waals surface area contributed by atoms with E-state index in [9.17, 15) is 0 Å². The maximum absolute atomic E-state index is 6.44. The van der Waals surface area contributed by atoms with Crippen molar-refractivity contribution in [3.05, 3.63) is 11.8 Å². The minimum absolute atomic E-state index is 0.305. The molecule has 1 aliphatic heterocycles. The first-order valence-electron chi connectivity index (χ1n) is 13.3. The fourth-order valence-electron chi connectivity index (χ4n) is 5.67. The van der Waals surface area contributed by atoms with Crippen LogP contribution < -0.4 is 0 Å². The van der Waals surface area contributed by atoms with Crippen molar-refractivity contribution in [2.45, 2.75) is 130 Å². The van der Waals surface area contributed by atoms with Crippen molar-refractivity contribution in [3.63, 3.8) is 0 Å². The summed E-state index contributed by atoms with van der Waals surface area (Å²) in [5.74, 6) is 0. The molecule has 0 radical (unpaired) electrons. The summed E-state index contributed by atoms with van der Waals surface area (Å²) in [5, 5.41) is 0. The molecule has 30 heavy (non-hydrogen) atoms. The average Bonchev–Trinajstić information content (AvgIpc) is 2.86. The van der Waals surface area contributed by atoms with Gasteiger partial charge in [-0.3, -0.25) is 0 Å². The van der Waals surface area contributed by atoms with E-state index in [1.54, 1.807) is 5.70 Å². The predicted molar refractivity (Wildman–Crippen MR) is 131 cm³/mol. The third-order valence-electron chi connectivity index (χ3n) is 7.52. The van der Waals surface area contributed by atoms with Gasteiger partial charge in [0.05, 0.1) is 0 Å². The Balaban J connectivity index is 1.66. The van der Waals surface area contributed by atoms with Crippen molar-refractivity contribution in [1.29, 1.82) is 0 Å². The van der Waals surface area contributed by atoms with Crippen LogP contribution in [0.3, 0.4) is 0 Å². The topological polar surface area (TPSA) is 15.7 Å². The lowest BCUT2D eigenvalue weighted by atomic mass is 9.76. The van der Waals surface area contributed by atoms with E-state index in [0.29, 0.717) is 17.7 Å². The molecule has 1 saturated heterocycles. The molecule has 0 aromatic rings. The molecule has 3 nitrogen and oxygen atoms in total. The molecule has 1 fully saturated rings. The largest absolute Gasteiger partial charge is 0.358 e. The van der Waals surface area contributed by atoms with Crippen LogP contribution in [0.1, 0.15) is 118 Å². The van der Waals surface area contributed by atoms with E-state index in [1.165, 1.54) is 103 Å². The predicted octanol–water partition coefficient (Wildman–Crippen LogP) is 7.37. The second kappa shape index (κ2) is 13.8. The van der Waals surface area contributed by atoms with Gasteiger partial charge < -0.3 is 14.5 Å². The van der Waals surface area contributed by atoms with E-state index in [1.807, 2.05) is 0 Å². The zero-order chi connectivity index (χ0) is 21.8. The number of unbranched alkanes of at least 4 members (excludes halogenated alkanes) is 5. The summed E-state index contributed by atoms with van der Waals surface area (Å²) >= 11 is 0. The van der Waals surface area contributed by atoms with Crippen molar-refractivity contribution in [2.75, 3.05) is 26.7 Å². The van der Waals surface area contributed by atoms with E-state index in [4.69, 9.17) is 4.74 Å². The molecule has 2 atom stereocenters. The Morgan fingerprint density at radius 2 is 1.80 bits per heavy atom. The molecule has 0 N–H and O–H groups in total. The van der Waals surface area contributed by atoms with Crippen LogP contribution in [0.4, 0.5) is 0 Å². The molecule has 0 amide bonds. The standard InChI is InChI=1S/C27H52N2O/c1-6-8-18-27-19-14-12-13-17-25(27)28(5)26(23-27)30-22-16-11-9-10-15-21-29(20-7-2)24(3)4/h17,24,26H,6-16,18-23H2,1-5H3. The van der Waals surface area contributed by atoms with E-state index in [2.05, 4.69) is 50.6 Å². The molecule has 0 aromatic carbocycles. The molecule has 1 aliphatic carbocycles.